The van der Waals surface area contributed by atoms with Crippen LogP contribution in [0.4, 0.5) is 15.8 Å². The first-order valence-corrected chi connectivity index (χ1v) is 11.5. The number of amides is 1. The summed E-state index contributed by atoms with van der Waals surface area (Å²) >= 11 is 0. The Balaban J connectivity index is 1.48. The molecule has 1 aromatic heterocycles. The maximum Gasteiger partial charge on any atom is 0.303 e. The molecule has 2 aliphatic rings. The number of carbonyl (C=O) groups excluding carboxylic acids is 2. The fourth-order valence-corrected chi connectivity index (χ4v) is 4.70. The van der Waals surface area contributed by atoms with Gasteiger partial charge in [-0.15, -0.1) is 0 Å². The molecule has 0 unspecified atom stereocenters. The van der Waals surface area contributed by atoms with Crippen LogP contribution in [0.25, 0.3) is 11.6 Å². The molecule has 178 valence electrons. The van der Waals surface area contributed by atoms with E-state index < -0.39 is 5.97 Å². The van der Waals surface area contributed by atoms with Crippen molar-refractivity contribution in [1.29, 1.82) is 0 Å². The Morgan fingerprint density at radius 1 is 1.11 bits per heavy atom. The molecule has 0 saturated heterocycles. The molecule has 0 saturated carbocycles. The Labute approximate surface area is 201 Å². The fourth-order valence-electron chi connectivity index (χ4n) is 4.70. The molecule has 5 rings (SSSR count). The van der Waals surface area contributed by atoms with Gasteiger partial charge in [0.05, 0.1) is 5.57 Å². The van der Waals surface area contributed by atoms with Gasteiger partial charge in [-0.05, 0) is 66.8 Å². The number of aromatic nitrogens is 1. The van der Waals surface area contributed by atoms with Crippen molar-refractivity contribution in [2.75, 3.05) is 10.6 Å². The minimum Gasteiger partial charge on any atom is -0.481 e. The zero-order valence-corrected chi connectivity index (χ0v) is 18.9. The number of hydrogen-bond acceptors (Lipinski definition) is 4. The first-order valence-electron chi connectivity index (χ1n) is 11.5. The van der Waals surface area contributed by atoms with E-state index in [1.54, 1.807) is 18.2 Å². The third-order valence-electron chi connectivity index (χ3n) is 6.41. The van der Waals surface area contributed by atoms with E-state index in [2.05, 4.69) is 15.6 Å². The van der Waals surface area contributed by atoms with Gasteiger partial charge < -0.3 is 20.7 Å². The first kappa shape index (κ1) is 22.6. The summed E-state index contributed by atoms with van der Waals surface area (Å²) < 4.78 is 13.2. The van der Waals surface area contributed by atoms with Crippen molar-refractivity contribution >= 4 is 40.7 Å². The van der Waals surface area contributed by atoms with E-state index >= 15 is 0 Å². The molecular weight excluding hydrogens is 449 g/mol. The number of aliphatic carboxylic acids is 1. The summed E-state index contributed by atoms with van der Waals surface area (Å²) in [5, 5.41) is 15.4. The van der Waals surface area contributed by atoms with Crippen LogP contribution in [-0.4, -0.2) is 27.8 Å². The monoisotopic (exact) mass is 473 g/mol. The van der Waals surface area contributed by atoms with Crippen LogP contribution in [0.1, 0.15) is 57.7 Å². The number of carboxylic acid groups (broad SMARTS) is 1. The number of benzene rings is 2. The van der Waals surface area contributed by atoms with E-state index in [0.29, 0.717) is 53.0 Å². The van der Waals surface area contributed by atoms with E-state index in [-0.39, 0.29) is 30.3 Å². The second-order valence-corrected chi connectivity index (χ2v) is 8.79. The molecule has 8 heteroatoms. The van der Waals surface area contributed by atoms with Crippen LogP contribution >= 0.6 is 0 Å². The van der Waals surface area contributed by atoms with E-state index in [9.17, 15) is 23.9 Å². The maximum atomic E-state index is 13.2. The number of carboxylic acids is 1. The molecule has 1 amide bonds. The summed E-state index contributed by atoms with van der Waals surface area (Å²) in [5.74, 6) is -1.49. The van der Waals surface area contributed by atoms with Crippen molar-refractivity contribution in [3.63, 3.8) is 0 Å². The minimum absolute atomic E-state index is 0.0103. The number of carbonyl (C=O) groups is 3. The van der Waals surface area contributed by atoms with E-state index in [0.717, 1.165) is 23.4 Å². The average Bonchev–Trinajstić information content (AvgIpc) is 3.35. The van der Waals surface area contributed by atoms with Crippen molar-refractivity contribution in [3.8, 4) is 0 Å². The topological polar surface area (TPSA) is 111 Å². The van der Waals surface area contributed by atoms with Crippen LogP contribution in [0.3, 0.4) is 0 Å². The van der Waals surface area contributed by atoms with Gasteiger partial charge in [-0.25, -0.2) is 4.39 Å². The molecule has 1 aliphatic heterocycles. The van der Waals surface area contributed by atoms with Gasteiger partial charge in [0.25, 0.3) is 5.91 Å². The van der Waals surface area contributed by atoms with Gasteiger partial charge in [0.1, 0.15) is 5.82 Å². The number of ketones is 1. The smallest absolute Gasteiger partial charge is 0.303 e. The number of Topliss-reactive ketones (excluding diaryl/α,β-unsaturated/α-hetero) is 1. The lowest BCUT2D eigenvalue weighted by molar-refractivity contribution is -0.137. The number of fused-ring (bicyclic) bond motifs is 2. The lowest BCUT2D eigenvalue weighted by Gasteiger charge is -2.11. The van der Waals surface area contributed by atoms with Crippen molar-refractivity contribution in [2.45, 2.75) is 38.6 Å². The Kier molecular flexibility index (Phi) is 5.94. The number of aryl methyl sites for hydroxylation is 1. The largest absolute Gasteiger partial charge is 0.481 e. The zero-order valence-electron chi connectivity index (χ0n) is 18.9. The third kappa shape index (κ3) is 4.59. The molecule has 0 spiro atoms. The second-order valence-electron chi connectivity index (χ2n) is 8.79. The van der Waals surface area contributed by atoms with Crippen molar-refractivity contribution in [2.24, 2.45) is 0 Å². The first-order chi connectivity index (χ1) is 16.9. The van der Waals surface area contributed by atoms with Gasteiger partial charge >= 0.3 is 5.97 Å². The predicted octanol–water partition coefficient (Wildman–Crippen LogP) is 4.79. The minimum atomic E-state index is -0.942. The lowest BCUT2D eigenvalue weighted by atomic mass is 9.91. The van der Waals surface area contributed by atoms with Crippen molar-refractivity contribution in [1.82, 2.24) is 4.98 Å². The predicted molar refractivity (Wildman–Crippen MR) is 131 cm³/mol. The van der Waals surface area contributed by atoms with Crippen LogP contribution < -0.4 is 10.6 Å². The Bertz CT molecular complexity index is 1370. The number of nitrogens with one attached hydrogen (secondary N) is 3. The molecule has 1 aliphatic carbocycles. The van der Waals surface area contributed by atoms with Gasteiger partial charge in [0.2, 0.25) is 0 Å². The Hall–Kier alpha value is -4.20. The third-order valence-corrected chi connectivity index (χ3v) is 6.41. The van der Waals surface area contributed by atoms with Crippen LogP contribution in [0.5, 0.6) is 0 Å². The van der Waals surface area contributed by atoms with Crippen molar-refractivity contribution in [3.05, 3.63) is 81.9 Å². The normalized spacial score (nSPS) is 15.6. The van der Waals surface area contributed by atoms with Gasteiger partial charge in [0, 0.05) is 53.3 Å². The number of H-pyrrole nitrogens is 1. The average molecular weight is 474 g/mol. The summed E-state index contributed by atoms with van der Waals surface area (Å²) in [7, 11) is 0. The molecule has 35 heavy (non-hydrogen) atoms. The quantitative estimate of drug-likeness (QED) is 0.369. The molecule has 0 bridgehead atoms. The number of rotatable bonds is 7. The summed E-state index contributed by atoms with van der Waals surface area (Å²) in [6.45, 7) is 0.490. The molecule has 7 nitrogen and oxygen atoms in total. The van der Waals surface area contributed by atoms with Crippen LogP contribution in [-0.2, 0) is 29.0 Å². The highest BCUT2D eigenvalue weighted by molar-refractivity contribution is 6.35. The van der Waals surface area contributed by atoms with Gasteiger partial charge in [-0.2, -0.15) is 0 Å². The number of hydrogen-bond donors (Lipinski definition) is 4. The standard InChI is InChI=1S/C27H24FN3O4/c28-16-6-4-15(5-7-16)14-29-17-8-10-21-19(12-17)20(27(35)31-21)13-23-18(9-11-25(33)34)26-22(30-23)2-1-3-24(26)32/h4-8,10,12-13,29-30H,1-3,9,11,14H2,(H,31,35)(H,33,34). The van der Waals surface area contributed by atoms with Gasteiger partial charge in [-0.1, -0.05) is 12.1 Å². The molecular formula is C27H24FN3O4. The van der Waals surface area contributed by atoms with Gasteiger partial charge in [-0.3, -0.25) is 14.4 Å². The highest BCUT2D eigenvalue weighted by Gasteiger charge is 2.29. The Morgan fingerprint density at radius 2 is 1.91 bits per heavy atom. The number of halogens is 1. The summed E-state index contributed by atoms with van der Waals surface area (Å²) in [4.78, 5) is 40.0. The molecule has 4 N–H and O–H groups in total. The highest BCUT2D eigenvalue weighted by atomic mass is 19.1. The number of anilines is 2. The molecule has 0 fully saturated rings. The molecule has 0 atom stereocenters. The van der Waals surface area contributed by atoms with E-state index in [4.69, 9.17) is 0 Å². The summed E-state index contributed by atoms with van der Waals surface area (Å²) in [6.07, 6.45) is 3.71. The highest BCUT2D eigenvalue weighted by Crippen LogP contribution is 2.37. The molecule has 0 radical (unpaired) electrons. The van der Waals surface area contributed by atoms with Crippen LogP contribution in [0.2, 0.25) is 0 Å². The Morgan fingerprint density at radius 3 is 2.69 bits per heavy atom. The van der Waals surface area contributed by atoms with E-state index in [1.165, 1.54) is 12.1 Å². The van der Waals surface area contributed by atoms with Crippen LogP contribution in [0, 0.1) is 5.82 Å². The summed E-state index contributed by atoms with van der Waals surface area (Å²) in [6, 6.07) is 11.8. The lowest BCUT2D eigenvalue weighted by Crippen LogP contribution is -2.11. The number of aromatic amines is 1. The van der Waals surface area contributed by atoms with Gasteiger partial charge in [0.15, 0.2) is 5.78 Å². The zero-order chi connectivity index (χ0) is 24.5. The van der Waals surface area contributed by atoms with Crippen LogP contribution in [0.15, 0.2) is 42.5 Å². The summed E-state index contributed by atoms with van der Waals surface area (Å²) in [5.41, 5.74) is 6.19. The maximum absolute atomic E-state index is 13.2. The SMILES string of the molecule is O=C(O)CCc1c(C=C2C(=O)Nc3ccc(NCc4ccc(F)cc4)cc32)[nH]c2c1C(=O)CCC2. The molecule has 2 aromatic carbocycles. The fraction of sp³-hybridized carbons (Fsp3) is 0.222. The van der Waals surface area contributed by atoms with E-state index in [1.807, 2.05) is 18.2 Å². The second kappa shape index (κ2) is 9.21. The van der Waals surface area contributed by atoms with Crippen molar-refractivity contribution < 1.29 is 23.9 Å². The molecule has 3 aromatic rings. The molecule has 2 heterocycles.